The van der Waals surface area contributed by atoms with Crippen LogP contribution in [0.2, 0.25) is 0 Å². The Labute approximate surface area is 151 Å². The van der Waals surface area contributed by atoms with E-state index < -0.39 is 11.9 Å². The topological polar surface area (TPSA) is 88.1 Å². The summed E-state index contributed by atoms with van der Waals surface area (Å²) in [6.45, 7) is 0.881. The van der Waals surface area contributed by atoms with Crippen molar-refractivity contribution in [2.45, 2.75) is 37.8 Å². The van der Waals surface area contributed by atoms with Crippen LogP contribution in [-0.2, 0) is 4.79 Å². The predicted octanol–water partition coefficient (Wildman–Crippen LogP) is 2.25. The van der Waals surface area contributed by atoms with Crippen molar-refractivity contribution in [2.75, 3.05) is 20.2 Å². The number of ether oxygens (including phenoxy) is 2. The van der Waals surface area contributed by atoms with Gasteiger partial charge in [-0.3, -0.25) is 4.79 Å². The van der Waals surface area contributed by atoms with Crippen molar-refractivity contribution in [3.05, 3.63) is 24.0 Å². The molecule has 1 aliphatic carbocycles. The van der Waals surface area contributed by atoms with E-state index in [-0.39, 0.29) is 24.0 Å². The number of nitrogens with zero attached hydrogens (tertiary/aromatic N) is 1. The molecule has 0 radical (unpaired) electrons. The number of rotatable bonds is 5. The summed E-state index contributed by atoms with van der Waals surface area (Å²) in [7, 11) is 1.49. The van der Waals surface area contributed by atoms with Crippen LogP contribution in [0, 0.1) is 11.7 Å². The van der Waals surface area contributed by atoms with Crippen LogP contribution >= 0.6 is 0 Å². The molecule has 0 aromatic heterocycles. The first-order valence-corrected chi connectivity index (χ1v) is 8.74. The molecule has 1 saturated carbocycles. The monoisotopic (exact) mass is 366 g/mol. The van der Waals surface area contributed by atoms with Gasteiger partial charge in [-0.2, -0.15) is 0 Å². The molecule has 1 saturated heterocycles. The molecule has 1 aliphatic heterocycles. The molecule has 0 bridgehead atoms. The molecule has 1 heterocycles. The molecule has 2 N–H and O–H groups in total. The molecule has 1 aromatic carbocycles. The number of carbonyl (C=O) groups excluding carboxylic acids is 1. The van der Waals surface area contributed by atoms with E-state index in [2.05, 4.69) is 5.32 Å². The number of hydrogen-bond donors (Lipinski definition) is 2. The fraction of sp³-hybridized carbons (Fsp3) is 0.556. The van der Waals surface area contributed by atoms with Gasteiger partial charge in [0.1, 0.15) is 11.9 Å². The molecule has 142 valence electrons. The van der Waals surface area contributed by atoms with Crippen molar-refractivity contribution in [1.29, 1.82) is 0 Å². The number of amides is 2. The first-order chi connectivity index (χ1) is 12.5. The third-order valence-electron chi connectivity index (χ3n) is 5.00. The molecular weight excluding hydrogens is 343 g/mol. The molecule has 0 unspecified atom stereocenters. The summed E-state index contributed by atoms with van der Waals surface area (Å²) in [6.07, 6.45) is 1.34. The number of piperidine rings is 1. The average molecular weight is 366 g/mol. The Bertz CT molecular complexity index is 670. The maximum atomic E-state index is 13.4. The lowest BCUT2D eigenvalue weighted by molar-refractivity contribution is -0.131. The van der Waals surface area contributed by atoms with Gasteiger partial charge in [-0.05, 0) is 37.8 Å². The minimum Gasteiger partial charge on any atom is -0.493 e. The maximum absolute atomic E-state index is 13.4. The molecule has 7 nitrogen and oxygen atoms in total. The number of nitrogens with one attached hydrogen (secondary N) is 1. The SMILES string of the molecule is COc1ccc(F)cc1OC1CC(C(=O)NC2CCN(C(=O)O)CC2)C1. The number of carbonyl (C=O) groups is 2. The molecule has 2 amide bonds. The van der Waals surface area contributed by atoms with Gasteiger partial charge in [0.2, 0.25) is 5.91 Å². The smallest absolute Gasteiger partial charge is 0.407 e. The highest BCUT2D eigenvalue weighted by atomic mass is 19.1. The first-order valence-electron chi connectivity index (χ1n) is 8.74. The summed E-state index contributed by atoms with van der Waals surface area (Å²) in [6, 6.07) is 4.11. The van der Waals surface area contributed by atoms with E-state index in [9.17, 15) is 14.0 Å². The summed E-state index contributed by atoms with van der Waals surface area (Å²) in [5.41, 5.74) is 0. The Morgan fingerprint density at radius 2 is 1.92 bits per heavy atom. The Hall–Kier alpha value is -2.51. The zero-order valence-corrected chi connectivity index (χ0v) is 14.6. The molecule has 3 rings (SSSR count). The van der Waals surface area contributed by atoms with Crippen molar-refractivity contribution in [3.8, 4) is 11.5 Å². The Morgan fingerprint density at radius 3 is 2.54 bits per heavy atom. The van der Waals surface area contributed by atoms with Crippen LogP contribution in [0.5, 0.6) is 11.5 Å². The van der Waals surface area contributed by atoms with Gasteiger partial charge in [-0.1, -0.05) is 0 Å². The highest BCUT2D eigenvalue weighted by Crippen LogP contribution is 2.36. The van der Waals surface area contributed by atoms with E-state index >= 15 is 0 Å². The summed E-state index contributed by atoms with van der Waals surface area (Å²) in [4.78, 5) is 24.6. The lowest BCUT2D eigenvalue weighted by Crippen LogP contribution is -2.50. The molecule has 0 spiro atoms. The lowest BCUT2D eigenvalue weighted by Gasteiger charge is -2.36. The Morgan fingerprint density at radius 1 is 1.23 bits per heavy atom. The summed E-state index contributed by atoms with van der Waals surface area (Å²) >= 11 is 0. The van der Waals surface area contributed by atoms with Crippen LogP contribution in [0.4, 0.5) is 9.18 Å². The molecule has 2 aliphatic rings. The first kappa shape index (κ1) is 18.3. The van der Waals surface area contributed by atoms with E-state index in [0.717, 1.165) is 0 Å². The third-order valence-corrected chi connectivity index (χ3v) is 5.00. The molecular formula is C18H23FN2O5. The van der Waals surface area contributed by atoms with Gasteiger partial charge < -0.3 is 24.8 Å². The largest absolute Gasteiger partial charge is 0.493 e. The highest BCUT2D eigenvalue weighted by Gasteiger charge is 2.37. The minimum atomic E-state index is -0.915. The van der Waals surface area contributed by atoms with E-state index in [4.69, 9.17) is 14.6 Å². The maximum Gasteiger partial charge on any atom is 0.407 e. The van der Waals surface area contributed by atoms with Crippen LogP contribution in [0.1, 0.15) is 25.7 Å². The van der Waals surface area contributed by atoms with Crippen molar-refractivity contribution >= 4 is 12.0 Å². The van der Waals surface area contributed by atoms with Crippen LogP contribution in [0.15, 0.2) is 18.2 Å². The third kappa shape index (κ3) is 4.17. The quantitative estimate of drug-likeness (QED) is 0.834. The fourth-order valence-electron chi connectivity index (χ4n) is 3.33. The minimum absolute atomic E-state index is 0.0152. The van der Waals surface area contributed by atoms with Gasteiger partial charge in [0.05, 0.1) is 7.11 Å². The number of halogens is 1. The molecule has 8 heteroatoms. The Kier molecular flexibility index (Phi) is 5.49. The number of hydrogen-bond acceptors (Lipinski definition) is 4. The van der Waals surface area contributed by atoms with Crippen LogP contribution < -0.4 is 14.8 Å². The number of methoxy groups -OCH3 is 1. The number of carboxylic acid groups (broad SMARTS) is 1. The van der Waals surface area contributed by atoms with Gasteiger partial charge in [-0.15, -0.1) is 0 Å². The van der Waals surface area contributed by atoms with Crippen molar-refractivity contribution in [1.82, 2.24) is 10.2 Å². The summed E-state index contributed by atoms with van der Waals surface area (Å²) in [5, 5.41) is 11.9. The second kappa shape index (κ2) is 7.80. The second-order valence-electron chi connectivity index (χ2n) is 6.76. The van der Waals surface area contributed by atoms with Crippen molar-refractivity contribution in [3.63, 3.8) is 0 Å². The van der Waals surface area contributed by atoms with E-state index in [1.54, 1.807) is 0 Å². The van der Waals surface area contributed by atoms with Gasteiger partial charge in [0.15, 0.2) is 11.5 Å². The standard InChI is InChI=1S/C18H23FN2O5/c1-25-15-3-2-12(19)10-16(15)26-14-8-11(9-14)17(22)20-13-4-6-21(7-5-13)18(23)24/h2-3,10-11,13-14H,4-9H2,1H3,(H,20,22)(H,23,24). The van der Waals surface area contributed by atoms with E-state index in [1.165, 1.54) is 30.2 Å². The van der Waals surface area contributed by atoms with Gasteiger partial charge in [-0.25, -0.2) is 9.18 Å². The number of benzene rings is 1. The van der Waals surface area contributed by atoms with Gasteiger partial charge in [0, 0.05) is 31.1 Å². The molecule has 2 fully saturated rings. The van der Waals surface area contributed by atoms with E-state index in [1.807, 2.05) is 0 Å². The van der Waals surface area contributed by atoms with Gasteiger partial charge in [0.25, 0.3) is 0 Å². The van der Waals surface area contributed by atoms with E-state index in [0.29, 0.717) is 50.3 Å². The lowest BCUT2D eigenvalue weighted by atomic mass is 9.81. The Balaban J connectivity index is 1.43. The molecule has 26 heavy (non-hydrogen) atoms. The second-order valence-corrected chi connectivity index (χ2v) is 6.76. The predicted molar refractivity (Wildman–Crippen MR) is 90.9 cm³/mol. The van der Waals surface area contributed by atoms with Crippen LogP contribution in [-0.4, -0.2) is 54.4 Å². The zero-order valence-electron chi connectivity index (χ0n) is 14.6. The number of likely N-dealkylation sites (tertiary alicyclic amines) is 1. The van der Waals surface area contributed by atoms with Crippen molar-refractivity contribution < 1.29 is 28.6 Å². The summed E-state index contributed by atoms with van der Waals surface area (Å²) in [5.74, 6) is 0.255. The normalized spacial score (nSPS) is 23.1. The molecule has 1 aromatic rings. The average Bonchev–Trinajstić information content (AvgIpc) is 2.58. The van der Waals surface area contributed by atoms with Crippen molar-refractivity contribution in [2.24, 2.45) is 5.92 Å². The van der Waals surface area contributed by atoms with Crippen LogP contribution in [0.25, 0.3) is 0 Å². The zero-order chi connectivity index (χ0) is 18.7. The van der Waals surface area contributed by atoms with Gasteiger partial charge >= 0.3 is 6.09 Å². The fourth-order valence-corrected chi connectivity index (χ4v) is 3.33. The highest BCUT2D eigenvalue weighted by molar-refractivity contribution is 5.80. The molecule has 0 atom stereocenters. The van der Waals surface area contributed by atoms with Crippen LogP contribution in [0.3, 0.4) is 0 Å². The summed E-state index contributed by atoms with van der Waals surface area (Å²) < 4.78 is 24.3.